The molecule has 3 aromatic rings. The fraction of sp³-hybridized carbons (Fsp3) is 0.304. The smallest absolute Gasteiger partial charge is 0.290 e. The maximum Gasteiger partial charge on any atom is 0.290 e. The number of carbonyl (C=O) groups is 1. The van der Waals surface area contributed by atoms with E-state index in [0.29, 0.717) is 34.3 Å². The first-order chi connectivity index (χ1) is 15.4. The lowest BCUT2D eigenvalue weighted by Gasteiger charge is -2.26. The van der Waals surface area contributed by atoms with Gasteiger partial charge in [-0.05, 0) is 42.3 Å². The quantitative estimate of drug-likeness (QED) is 0.578. The maximum absolute atomic E-state index is 13.5. The van der Waals surface area contributed by atoms with Gasteiger partial charge in [-0.3, -0.25) is 9.59 Å². The van der Waals surface area contributed by atoms with Gasteiger partial charge in [0.1, 0.15) is 5.58 Å². The molecule has 0 radical (unpaired) electrons. The lowest BCUT2D eigenvalue weighted by Crippen LogP contribution is -2.31. The van der Waals surface area contributed by atoms with Gasteiger partial charge in [0.15, 0.2) is 16.9 Å². The van der Waals surface area contributed by atoms with Gasteiger partial charge in [0, 0.05) is 18.2 Å². The third-order valence-electron chi connectivity index (χ3n) is 5.49. The monoisotopic (exact) mass is 459 g/mol. The van der Waals surface area contributed by atoms with Crippen LogP contribution in [0.2, 0.25) is 5.02 Å². The Labute approximate surface area is 188 Å². The molecule has 1 atom stereocenters. The van der Waals surface area contributed by atoms with Crippen LogP contribution in [0.5, 0.6) is 17.2 Å². The molecular formula is C23H22ClNO7. The third-order valence-corrected chi connectivity index (χ3v) is 5.72. The summed E-state index contributed by atoms with van der Waals surface area (Å²) in [6.07, 6.45) is 0.334. The first-order valence-corrected chi connectivity index (χ1v) is 10.3. The van der Waals surface area contributed by atoms with Gasteiger partial charge in [-0.15, -0.1) is 0 Å². The van der Waals surface area contributed by atoms with Gasteiger partial charge in [0.2, 0.25) is 11.5 Å². The zero-order valence-corrected chi connectivity index (χ0v) is 18.6. The number of halogens is 1. The Balaban J connectivity index is 2.00. The number of methoxy groups -OCH3 is 3. The Morgan fingerprint density at radius 1 is 1.06 bits per heavy atom. The number of benzene rings is 2. The number of fused-ring (bicyclic) bond motifs is 2. The highest BCUT2D eigenvalue weighted by molar-refractivity contribution is 6.31. The second-order valence-corrected chi connectivity index (χ2v) is 7.69. The molecule has 0 fully saturated rings. The molecule has 0 spiro atoms. The largest absolute Gasteiger partial charge is 0.493 e. The molecule has 1 aliphatic heterocycles. The summed E-state index contributed by atoms with van der Waals surface area (Å²) in [7, 11) is 4.47. The molecule has 1 aromatic heterocycles. The van der Waals surface area contributed by atoms with Crippen molar-refractivity contribution in [2.75, 3.05) is 34.5 Å². The Hall–Kier alpha value is -3.23. The fourth-order valence-corrected chi connectivity index (χ4v) is 4.24. The summed E-state index contributed by atoms with van der Waals surface area (Å²) in [4.78, 5) is 28.3. The molecule has 2 aromatic carbocycles. The number of ether oxygens (including phenoxy) is 3. The molecule has 0 bridgehead atoms. The highest BCUT2D eigenvalue weighted by atomic mass is 35.5. The molecule has 0 aliphatic carbocycles. The molecule has 32 heavy (non-hydrogen) atoms. The highest BCUT2D eigenvalue weighted by Crippen LogP contribution is 2.45. The number of aliphatic hydroxyl groups is 1. The Kier molecular flexibility index (Phi) is 5.99. The van der Waals surface area contributed by atoms with E-state index in [2.05, 4.69) is 0 Å². The lowest BCUT2D eigenvalue weighted by atomic mass is 9.97. The average molecular weight is 460 g/mol. The molecule has 9 heteroatoms. The molecular weight excluding hydrogens is 438 g/mol. The van der Waals surface area contributed by atoms with Crippen molar-refractivity contribution >= 4 is 28.5 Å². The predicted molar refractivity (Wildman–Crippen MR) is 118 cm³/mol. The maximum atomic E-state index is 13.5. The number of nitrogens with zero attached hydrogens (tertiary/aromatic N) is 1. The van der Waals surface area contributed by atoms with Gasteiger partial charge in [-0.1, -0.05) is 11.6 Å². The predicted octanol–water partition coefficient (Wildman–Crippen LogP) is 3.40. The summed E-state index contributed by atoms with van der Waals surface area (Å²) in [6.45, 7) is 0.110. The molecule has 0 saturated heterocycles. The van der Waals surface area contributed by atoms with Crippen molar-refractivity contribution in [3.8, 4) is 17.2 Å². The minimum atomic E-state index is -0.766. The van der Waals surface area contributed by atoms with Crippen LogP contribution in [0.3, 0.4) is 0 Å². The number of rotatable bonds is 7. The van der Waals surface area contributed by atoms with Gasteiger partial charge >= 0.3 is 0 Å². The van der Waals surface area contributed by atoms with Crippen LogP contribution in [-0.2, 0) is 0 Å². The molecule has 1 amide bonds. The summed E-state index contributed by atoms with van der Waals surface area (Å²) < 4.78 is 22.2. The molecule has 168 valence electrons. The Bertz CT molecular complexity index is 1230. The van der Waals surface area contributed by atoms with E-state index in [0.717, 1.165) is 0 Å². The fourth-order valence-electron chi connectivity index (χ4n) is 4.07. The normalized spacial score (nSPS) is 15.2. The summed E-state index contributed by atoms with van der Waals surface area (Å²) in [5, 5.41) is 10.0. The van der Waals surface area contributed by atoms with Crippen molar-refractivity contribution < 1.29 is 28.5 Å². The van der Waals surface area contributed by atoms with Gasteiger partial charge in [-0.25, -0.2) is 0 Å². The zero-order valence-electron chi connectivity index (χ0n) is 17.8. The van der Waals surface area contributed by atoms with E-state index in [1.54, 1.807) is 24.3 Å². The van der Waals surface area contributed by atoms with Crippen molar-refractivity contribution in [1.29, 1.82) is 0 Å². The highest BCUT2D eigenvalue weighted by Gasteiger charge is 2.43. The van der Waals surface area contributed by atoms with Crippen molar-refractivity contribution in [1.82, 2.24) is 4.90 Å². The van der Waals surface area contributed by atoms with E-state index < -0.39 is 11.9 Å². The van der Waals surface area contributed by atoms with E-state index in [1.807, 2.05) is 0 Å². The molecule has 1 unspecified atom stereocenters. The number of aliphatic hydroxyl groups excluding tert-OH is 1. The van der Waals surface area contributed by atoms with Gasteiger partial charge < -0.3 is 28.6 Å². The molecule has 1 N–H and O–H groups in total. The lowest BCUT2D eigenvalue weighted by molar-refractivity contribution is 0.0716. The molecule has 1 aliphatic rings. The second kappa shape index (κ2) is 8.72. The standard InChI is InChI=1S/C23H22ClNO7/c1-29-16-9-12(10-17(30-2)21(16)31-3)19-18-20(27)14-11-13(24)5-6-15(14)32-22(18)23(28)25(19)7-4-8-26/h5-6,9-11,19,26H,4,7-8H2,1-3H3. The van der Waals surface area contributed by atoms with E-state index >= 15 is 0 Å². The molecule has 0 saturated carbocycles. The van der Waals surface area contributed by atoms with E-state index in [-0.39, 0.29) is 40.9 Å². The van der Waals surface area contributed by atoms with Crippen LogP contribution >= 0.6 is 11.6 Å². The topological polar surface area (TPSA) is 98.4 Å². The minimum Gasteiger partial charge on any atom is -0.493 e. The van der Waals surface area contributed by atoms with Crippen molar-refractivity contribution in [2.45, 2.75) is 12.5 Å². The van der Waals surface area contributed by atoms with E-state index in [1.165, 1.54) is 32.3 Å². The van der Waals surface area contributed by atoms with Crippen LogP contribution in [0.1, 0.15) is 34.1 Å². The van der Waals surface area contributed by atoms with Gasteiger partial charge in [0.05, 0.1) is 38.3 Å². The van der Waals surface area contributed by atoms with Crippen LogP contribution in [0.4, 0.5) is 0 Å². The zero-order chi connectivity index (χ0) is 23.0. The average Bonchev–Trinajstić information content (AvgIpc) is 3.08. The van der Waals surface area contributed by atoms with Crippen molar-refractivity contribution in [2.24, 2.45) is 0 Å². The first-order valence-electron chi connectivity index (χ1n) is 9.93. The molecule has 2 heterocycles. The minimum absolute atomic E-state index is 0.0264. The SMILES string of the molecule is COc1cc(C2c3c(oc4ccc(Cl)cc4c3=O)C(=O)N2CCCO)cc(OC)c1OC. The van der Waals surface area contributed by atoms with E-state index in [9.17, 15) is 14.7 Å². The van der Waals surface area contributed by atoms with Crippen molar-refractivity contribution in [3.63, 3.8) is 0 Å². The van der Waals surface area contributed by atoms with Gasteiger partial charge in [-0.2, -0.15) is 0 Å². The number of carbonyl (C=O) groups excluding carboxylic acids is 1. The van der Waals surface area contributed by atoms with Crippen LogP contribution in [0.15, 0.2) is 39.5 Å². The van der Waals surface area contributed by atoms with Crippen LogP contribution in [0, 0.1) is 0 Å². The van der Waals surface area contributed by atoms with Crippen LogP contribution < -0.4 is 19.6 Å². The second-order valence-electron chi connectivity index (χ2n) is 7.25. The number of amides is 1. The van der Waals surface area contributed by atoms with E-state index in [4.69, 9.17) is 30.2 Å². The Morgan fingerprint density at radius 2 is 1.75 bits per heavy atom. The first kappa shape index (κ1) is 22.0. The van der Waals surface area contributed by atoms with Crippen LogP contribution in [0.25, 0.3) is 11.0 Å². The summed E-state index contributed by atoms with van der Waals surface area (Å²) in [5.74, 6) is 0.710. The van der Waals surface area contributed by atoms with Crippen LogP contribution in [-0.4, -0.2) is 50.4 Å². The number of hydrogen-bond donors (Lipinski definition) is 1. The summed E-state index contributed by atoms with van der Waals surface area (Å²) >= 11 is 6.10. The number of hydrogen-bond acceptors (Lipinski definition) is 7. The summed E-state index contributed by atoms with van der Waals surface area (Å²) in [6, 6.07) is 7.31. The third kappa shape index (κ3) is 3.45. The van der Waals surface area contributed by atoms with Gasteiger partial charge in [0.25, 0.3) is 5.91 Å². The molecule has 4 rings (SSSR count). The molecule has 8 nitrogen and oxygen atoms in total. The van der Waals surface area contributed by atoms with Crippen molar-refractivity contribution in [3.05, 3.63) is 62.5 Å². The Morgan fingerprint density at radius 3 is 2.34 bits per heavy atom. The summed E-state index contributed by atoms with van der Waals surface area (Å²) in [5.41, 5.74) is 0.719.